The third-order valence-corrected chi connectivity index (χ3v) is 4.98. The Labute approximate surface area is 139 Å². The Bertz CT molecular complexity index is 609. The molecule has 1 aromatic heterocycles. The van der Waals surface area contributed by atoms with Crippen LogP contribution >= 0.6 is 11.3 Å². The third-order valence-electron chi connectivity index (χ3n) is 3.77. The molecule has 23 heavy (non-hydrogen) atoms. The molecule has 1 aliphatic carbocycles. The van der Waals surface area contributed by atoms with E-state index in [-0.39, 0.29) is 12.6 Å². The fraction of sp³-hybridized carbons (Fsp3) is 0.562. The molecule has 7 heteroatoms. The average molecular weight is 338 g/mol. The zero-order chi connectivity index (χ0) is 16.8. The molecule has 0 saturated carbocycles. The molecule has 0 fully saturated rings. The van der Waals surface area contributed by atoms with Crippen molar-refractivity contribution in [1.29, 1.82) is 0 Å². The van der Waals surface area contributed by atoms with Crippen LogP contribution in [-0.2, 0) is 27.2 Å². The van der Waals surface area contributed by atoms with Crippen molar-refractivity contribution in [2.45, 2.75) is 51.9 Å². The largest absolute Gasteiger partial charge is 0.456 e. The number of hydrogen-bond acceptors (Lipinski definition) is 5. The summed E-state index contributed by atoms with van der Waals surface area (Å²) in [6, 6.07) is 0. The maximum atomic E-state index is 11.9. The number of primary amides is 1. The summed E-state index contributed by atoms with van der Waals surface area (Å²) < 4.78 is 4.92. The summed E-state index contributed by atoms with van der Waals surface area (Å²) in [5.41, 5.74) is 6.84. The van der Waals surface area contributed by atoms with E-state index < -0.39 is 11.8 Å². The molecule has 1 aromatic rings. The monoisotopic (exact) mass is 338 g/mol. The van der Waals surface area contributed by atoms with E-state index in [2.05, 4.69) is 5.32 Å². The highest BCUT2D eigenvalue weighted by atomic mass is 32.1. The predicted molar refractivity (Wildman–Crippen MR) is 88.6 cm³/mol. The molecule has 0 bridgehead atoms. The van der Waals surface area contributed by atoms with Gasteiger partial charge in [-0.3, -0.25) is 14.4 Å². The second kappa shape index (κ2) is 8.10. The molecule has 1 aliphatic rings. The second-order valence-electron chi connectivity index (χ2n) is 5.59. The Morgan fingerprint density at radius 3 is 2.70 bits per heavy atom. The Hall–Kier alpha value is -1.89. The first-order chi connectivity index (χ1) is 11.0. The van der Waals surface area contributed by atoms with Crippen molar-refractivity contribution < 1.29 is 19.1 Å². The maximum absolute atomic E-state index is 11.9. The lowest BCUT2D eigenvalue weighted by Crippen LogP contribution is -2.22. The van der Waals surface area contributed by atoms with E-state index in [9.17, 15) is 14.4 Å². The standard InChI is InChI=1S/C16H22N2O4S/c1-2-3-8-13(20)22-9-12(19)18-16-14(15(17)21)10-6-4-5-7-11(10)23-16/h2-9H2,1H3,(H2,17,21)(H,18,19). The Morgan fingerprint density at radius 2 is 2.00 bits per heavy atom. The molecule has 126 valence electrons. The van der Waals surface area contributed by atoms with Crippen LogP contribution in [0.3, 0.4) is 0 Å². The number of hydrogen-bond donors (Lipinski definition) is 2. The SMILES string of the molecule is CCCCC(=O)OCC(=O)Nc1sc2c(c1C(N)=O)CCCC2. The number of esters is 1. The first-order valence-electron chi connectivity index (χ1n) is 7.92. The van der Waals surface area contributed by atoms with E-state index in [1.54, 1.807) is 0 Å². The minimum atomic E-state index is -0.528. The summed E-state index contributed by atoms with van der Waals surface area (Å²) in [4.78, 5) is 36.2. The van der Waals surface area contributed by atoms with E-state index in [4.69, 9.17) is 10.5 Å². The second-order valence-corrected chi connectivity index (χ2v) is 6.70. The highest BCUT2D eigenvalue weighted by molar-refractivity contribution is 7.17. The highest BCUT2D eigenvalue weighted by Gasteiger charge is 2.25. The number of rotatable bonds is 7. The van der Waals surface area contributed by atoms with Crippen molar-refractivity contribution in [3.8, 4) is 0 Å². The van der Waals surface area contributed by atoms with Crippen LogP contribution in [0, 0.1) is 0 Å². The molecule has 3 N–H and O–H groups in total. The molecule has 0 unspecified atom stereocenters. The molecule has 0 radical (unpaired) electrons. The van der Waals surface area contributed by atoms with Crippen LogP contribution in [0.15, 0.2) is 0 Å². The molecule has 2 amide bonds. The van der Waals surface area contributed by atoms with Gasteiger partial charge >= 0.3 is 5.97 Å². The molecular weight excluding hydrogens is 316 g/mol. The van der Waals surface area contributed by atoms with Crippen LogP contribution < -0.4 is 11.1 Å². The fourth-order valence-corrected chi connectivity index (χ4v) is 3.93. The number of ether oxygens (including phenoxy) is 1. The lowest BCUT2D eigenvalue weighted by Gasteiger charge is -2.11. The summed E-state index contributed by atoms with van der Waals surface area (Å²) in [6.45, 7) is 1.63. The van der Waals surface area contributed by atoms with E-state index in [1.807, 2.05) is 6.92 Å². The molecule has 2 rings (SSSR count). The minimum Gasteiger partial charge on any atom is -0.456 e. The lowest BCUT2D eigenvalue weighted by atomic mass is 9.95. The van der Waals surface area contributed by atoms with Gasteiger partial charge < -0.3 is 15.8 Å². The Balaban J connectivity index is 1.99. The summed E-state index contributed by atoms with van der Waals surface area (Å²) >= 11 is 1.39. The average Bonchev–Trinajstić information content (AvgIpc) is 2.88. The number of unbranched alkanes of at least 4 members (excludes halogenated alkanes) is 1. The van der Waals surface area contributed by atoms with Gasteiger partial charge in [0, 0.05) is 11.3 Å². The number of nitrogens with two attached hydrogens (primary N) is 1. The van der Waals surface area contributed by atoms with Gasteiger partial charge in [-0.2, -0.15) is 0 Å². The van der Waals surface area contributed by atoms with E-state index >= 15 is 0 Å². The van der Waals surface area contributed by atoms with E-state index in [0.29, 0.717) is 17.0 Å². The van der Waals surface area contributed by atoms with Gasteiger partial charge in [-0.25, -0.2) is 0 Å². The van der Waals surface area contributed by atoms with Gasteiger partial charge in [-0.05, 0) is 37.7 Å². The van der Waals surface area contributed by atoms with Crippen LogP contribution in [0.25, 0.3) is 0 Å². The molecule has 0 atom stereocenters. The van der Waals surface area contributed by atoms with Crippen LogP contribution in [0.1, 0.15) is 59.8 Å². The van der Waals surface area contributed by atoms with Crippen molar-refractivity contribution in [3.63, 3.8) is 0 Å². The third kappa shape index (κ3) is 4.54. The molecule has 6 nitrogen and oxygen atoms in total. The zero-order valence-corrected chi connectivity index (χ0v) is 14.1. The number of carbonyl (C=O) groups is 3. The Kier molecular flexibility index (Phi) is 6.15. The van der Waals surface area contributed by atoms with Crippen molar-refractivity contribution in [3.05, 3.63) is 16.0 Å². The molecule has 0 aromatic carbocycles. The number of thiophene rings is 1. The van der Waals surface area contributed by atoms with Crippen LogP contribution in [0.5, 0.6) is 0 Å². The molecule has 0 spiro atoms. The van der Waals surface area contributed by atoms with E-state index in [0.717, 1.165) is 49.0 Å². The number of nitrogens with one attached hydrogen (secondary N) is 1. The minimum absolute atomic E-state index is 0.309. The van der Waals surface area contributed by atoms with Gasteiger partial charge in [0.05, 0.1) is 5.56 Å². The van der Waals surface area contributed by atoms with Gasteiger partial charge in [-0.15, -0.1) is 11.3 Å². The van der Waals surface area contributed by atoms with Crippen LogP contribution in [0.4, 0.5) is 5.00 Å². The van der Waals surface area contributed by atoms with Gasteiger partial charge in [0.15, 0.2) is 6.61 Å². The summed E-state index contributed by atoms with van der Waals surface area (Å²) in [6.07, 6.45) is 5.76. The molecule has 0 aliphatic heterocycles. The summed E-state index contributed by atoms with van der Waals surface area (Å²) in [5, 5.41) is 3.13. The number of carbonyl (C=O) groups excluding carboxylic acids is 3. The zero-order valence-electron chi connectivity index (χ0n) is 13.3. The van der Waals surface area contributed by atoms with Crippen LogP contribution in [-0.4, -0.2) is 24.4 Å². The number of fused-ring (bicyclic) bond motifs is 1. The topological polar surface area (TPSA) is 98.5 Å². The van der Waals surface area contributed by atoms with Gasteiger partial charge in [0.1, 0.15) is 5.00 Å². The van der Waals surface area contributed by atoms with E-state index in [1.165, 1.54) is 11.3 Å². The summed E-state index contributed by atoms with van der Waals surface area (Å²) in [5.74, 6) is -1.36. The normalized spacial score (nSPS) is 13.3. The number of aryl methyl sites for hydroxylation is 1. The lowest BCUT2D eigenvalue weighted by molar-refractivity contribution is -0.147. The first-order valence-corrected chi connectivity index (χ1v) is 8.74. The van der Waals surface area contributed by atoms with Gasteiger partial charge in [0.2, 0.25) is 0 Å². The Morgan fingerprint density at radius 1 is 1.26 bits per heavy atom. The van der Waals surface area contributed by atoms with Crippen LogP contribution in [0.2, 0.25) is 0 Å². The number of anilines is 1. The van der Waals surface area contributed by atoms with Crippen molar-refractivity contribution in [2.75, 3.05) is 11.9 Å². The predicted octanol–water partition coefficient (Wildman–Crippen LogP) is 2.40. The van der Waals surface area contributed by atoms with Crippen molar-refractivity contribution >= 4 is 34.1 Å². The highest BCUT2D eigenvalue weighted by Crippen LogP contribution is 2.37. The summed E-state index contributed by atoms with van der Waals surface area (Å²) in [7, 11) is 0. The molecule has 1 heterocycles. The smallest absolute Gasteiger partial charge is 0.306 e. The maximum Gasteiger partial charge on any atom is 0.306 e. The van der Waals surface area contributed by atoms with Gasteiger partial charge in [0.25, 0.3) is 11.8 Å². The quantitative estimate of drug-likeness (QED) is 0.746. The van der Waals surface area contributed by atoms with Gasteiger partial charge in [-0.1, -0.05) is 13.3 Å². The fourth-order valence-electron chi connectivity index (χ4n) is 2.62. The first kappa shape index (κ1) is 17.5. The molecular formula is C16H22N2O4S. The molecule has 0 saturated heterocycles. The van der Waals surface area contributed by atoms with Crippen molar-refractivity contribution in [1.82, 2.24) is 0 Å². The number of amides is 2. The van der Waals surface area contributed by atoms with Crippen molar-refractivity contribution in [2.24, 2.45) is 5.73 Å².